The Hall–Kier alpha value is -2.51. The molecule has 1 aliphatic carbocycles. The van der Waals surface area contributed by atoms with E-state index in [-0.39, 0.29) is 23.9 Å². The van der Waals surface area contributed by atoms with Gasteiger partial charge in [0.05, 0.1) is 18.0 Å². The van der Waals surface area contributed by atoms with Crippen LogP contribution in [-0.2, 0) is 29.3 Å². The van der Waals surface area contributed by atoms with Crippen LogP contribution in [0, 0.1) is 0 Å². The van der Waals surface area contributed by atoms with Gasteiger partial charge in [-0.25, -0.2) is 0 Å². The number of carbonyl (C=O) groups is 3. The number of thiophene rings is 1. The van der Waals surface area contributed by atoms with E-state index in [0.29, 0.717) is 31.6 Å². The van der Waals surface area contributed by atoms with Gasteiger partial charge in [-0.2, -0.15) is 0 Å². The molecular formula is C24H26N2O4S. The van der Waals surface area contributed by atoms with Crippen LogP contribution < -0.4 is 4.74 Å². The van der Waals surface area contributed by atoms with Crippen molar-refractivity contribution in [1.29, 1.82) is 0 Å². The van der Waals surface area contributed by atoms with Crippen molar-refractivity contribution in [3.05, 3.63) is 51.2 Å². The van der Waals surface area contributed by atoms with Crippen molar-refractivity contribution < 1.29 is 19.1 Å². The molecule has 0 bridgehead atoms. The van der Waals surface area contributed by atoms with Crippen LogP contribution in [0.3, 0.4) is 0 Å². The molecule has 1 aromatic carbocycles. The van der Waals surface area contributed by atoms with Crippen LogP contribution in [0.5, 0.6) is 5.75 Å². The quantitative estimate of drug-likeness (QED) is 0.645. The number of fused-ring (bicyclic) bond motifs is 1. The Balaban J connectivity index is 1.21. The van der Waals surface area contributed by atoms with Crippen LogP contribution in [0.15, 0.2) is 29.6 Å². The number of likely N-dealkylation sites (tertiary alicyclic amines) is 1. The van der Waals surface area contributed by atoms with E-state index in [1.165, 1.54) is 42.8 Å². The number of carbonyl (C=O) groups excluding carboxylic acids is 3. The number of nitrogens with zero attached hydrogens (tertiary/aromatic N) is 2. The predicted octanol–water partition coefficient (Wildman–Crippen LogP) is 3.57. The van der Waals surface area contributed by atoms with Gasteiger partial charge in [-0.05, 0) is 50.0 Å². The van der Waals surface area contributed by atoms with E-state index >= 15 is 0 Å². The smallest absolute Gasteiger partial charge is 0.255 e. The van der Waals surface area contributed by atoms with Crippen molar-refractivity contribution in [2.24, 2.45) is 0 Å². The first-order valence-electron chi connectivity index (χ1n) is 11.0. The maximum absolute atomic E-state index is 12.8. The van der Waals surface area contributed by atoms with Crippen molar-refractivity contribution in [2.75, 3.05) is 13.1 Å². The standard InChI is InChI=1S/C24H26N2O4S/c27-17-5-8-21(22(28)11-17)26-13-19-20(24(26)29)15-31-23(19)14-30-18-6-3-16(4-7-18)12-25-9-1-2-10-25/h3-4,6-7,15,21H,1-2,5,8-14H2/t21-/m0/s1. The number of benzene rings is 1. The maximum atomic E-state index is 12.8. The Bertz CT molecular complexity index is 1010. The fraction of sp³-hybridized carbons (Fsp3) is 0.458. The number of ketones is 2. The van der Waals surface area contributed by atoms with Crippen LogP contribution >= 0.6 is 11.3 Å². The zero-order valence-corrected chi connectivity index (χ0v) is 18.3. The van der Waals surface area contributed by atoms with Crippen molar-refractivity contribution >= 4 is 28.8 Å². The Morgan fingerprint density at radius 1 is 1.06 bits per heavy atom. The molecule has 1 atom stereocenters. The highest BCUT2D eigenvalue weighted by molar-refractivity contribution is 7.10. The molecular weight excluding hydrogens is 412 g/mol. The zero-order valence-electron chi connectivity index (χ0n) is 17.5. The summed E-state index contributed by atoms with van der Waals surface area (Å²) in [4.78, 5) is 41.8. The minimum Gasteiger partial charge on any atom is -0.488 e. The number of ether oxygens (including phenoxy) is 1. The molecule has 0 spiro atoms. The number of rotatable bonds is 6. The topological polar surface area (TPSA) is 66.9 Å². The Kier molecular flexibility index (Phi) is 5.63. The van der Waals surface area contributed by atoms with E-state index in [0.717, 1.165) is 22.7 Å². The van der Waals surface area contributed by atoms with E-state index in [1.807, 2.05) is 17.5 Å². The van der Waals surface area contributed by atoms with E-state index in [1.54, 1.807) is 4.90 Å². The van der Waals surface area contributed by atoms with Crippen molar-refractivity contribution in [2.45, 2.75) is 57.8 Å². The summed E-state index contributed by atoms with van der Waals surface area (Å²) >= 11 is 1.53. The molecule has 0 unspecified atom stereocenters. The van der Waals surface area contributed by atoms with E-state index in [2.05, 4.69) is 17.0 Å². The molecule has 2 aromatic rings. The molecule has 2 aliphatic heterocycles. The highest BCUT2D eigenvalue weighted by atomic mass is 32.1. The maximum Gasteiger partial charge on any atom is 0.255 e. The van der Waals surface area contributed by atoms with Gasteiger partial charge in [0.2, 0.25) is 0 Å². The monoisotopic (exact) mass is 438 g/mol. The van der Waals surface area contributed by atoms with Gasteiger partial charge >= 0.3 is 0 Å². The fourth-order valence-electron chi connectivity index (χ4n) is 4.77. The number of Topliss-reactive ketones (excluding diaryl/α,β-unsaturated/α-hetero) is 2. The normalized spacial score (nSPS) is 21.7. The minimum atomic E-state index is -0.473. The Morgan fingerprint density at radius 3 is 2.58 bits per heavy atom. The summed E-state index contributed by atoms with van der Waals surface area (Å²) in [5.41, 5.74) is 2.93. The lowest BCUT2D eigenvalue weighted by molar-refractivity contribution is -0.133. The number of hydrogen-bond acceptors (Lipinski definition) is 6. The summed E-state index contributed by atoms with van der Waals surface area (Å²) in [5, 5.41) is 1.87. The fourth-order valence-corrected chi connectivity index (χ4v) is 5.72. The second-order valence-corrected chi connectivity index (χ2v) is 9.60. The lowest BCUT2D eigenvalue weighted by Crippen LogP contribution is -2.44. The summed E-state index contributed by atoms with van der Waals surface area (Å²) < 4.78 is 6.01. The van der Waals surface area contributed by atoms with E-state index in [9.17, 15) is 14.4 Å². The first-order chi connectivity index (χ1) is 15.1. The lowest BCUT2D eigenvalue weighted by atomic mass is 9.92. The van der Waals surface area contributed by atoms with E-state index < -0.39 is 6.04 Å². The molecule has 6 nitrogen and oxygen atoms in total. The van der Waals surface area contributed by atoms with Gasteiger partial charge in [0.25, 0.3) is 5.91 Å². The van der Waals surface area contributed by atoms with Gasteiger partial charge in [0.1, 0.15) is 18.1 Å². The summed E-state index contributed by atoms with van der Waals surface area (Å²) in [5.74, 6) is 0.554. The predicted molar refractivity (Wildman–Crippen MR) is 117 cm³/mol. The molecule has 0 N–H and O–H groups in total. The van der Waals surface area contributed by atoms with Gasteiger partial charge in [-0.15, -0.1) is 11.3 Å². The number of amides is 1. The van der Waals surface area contributed by atoms with Gasteiger partial charge in [0, 0.05) is 35.3 Å². The molecule has 1 saturated heterocycles. The van der Waals surface area contributed by atoms with Crippen molar-refractivity contribution in [3.63, 3.8) is 0 Å². The highest BCUT2D eigenvalue weighted by Crippen LogP contribution is 2.35. The summed E-state index contributed by atoms with van der Waals surface area (Å²) in [6.45, 7) is 4.18. The molecule has 5 rings (SSSR count). The second kappa shape index (κ2) is 8.55. The average molecular weight is 439 g/mol. The Morgan fingerprint density at radius 2 is 1.84 bits per heavy atom. The molecule has 0 radical (unpaired) electrons. The lowest BCUT2D eigenvalue weighted by Gasteiger charge is -2.29. The van der Waals surface area contributed by atoms with Crippen LogP contribution in [-0.4, -0.2) is 46.4 Å². The third kappa shape index (κ3) is 4.16. The van der Waals surface area contributed by atoms with Gasteiger partial charge in [-0.1, -0.05) is 12.1 Å². The third-order valence-corrected chi connectivity index (χ3v) is 7.52. The summed E-state index contributed by atoms with van der Waals surface area (Å²) in [7, 11) is 0. The number of hydrogen-bond donors (Lipinski definition) is 0. The van der Waals surface area contributed by atoms with Gasteiger partial charge < -0.3 is 9.64 Å². The first-order valence-corrected chi connectivity index (χ1v) is 11.8. The van der Waals surface area contributed by atoms with Crippen LogP contribution in [0.1, 0.15) is 58.5 Å². The molecule has 7 heteroatoms. The largest absolute Gasteiger partial charge is 0.488 e. The molecule has 1 amide bonds. The molecule has 3 heterocycles. The summed E-state index contributed by atoms with van der Waals surface area (Å²) in [6.07, 6.45) is 3.34. The molecule has 31 heavy (non-hydrogen) atoms. The average Bonchev–Trinajstić information content (AvgIpc) is 3.47. The van der Waals surface area contributed by atoms with Crippen molar-refractivity contribution in [1.82, 2.24) is 9.80 Å². The summed E-state index contributed by atoms with van der Waals surface area (Å²) in [6, 6.07) is 7.78. The SMILES string of the molecule is O=C1CC[C@H](N2Cc3c(csc3COc3ccc(CN4CCCC4)cc3)C2=O)C(=O)C1. The minimum absolute atomic E-state index is 0.0254. The van der Waals surface area contributed by atoms with Gasteiger partial charge in [-0.3, -0.25) is 19.3 Å². The molecule has 3 aliphatic rings. The van der Waals surface area contributed by atoms with Gasteiger partial charge in [0.15, 0.2) is 5.78 Å². The van der Waals surface area contributed by atoms with Crippen molar-refractivity contribution in [3.8, 4) is 5.75 Å². The highest BCUT2D eigenvalue weighted by Gasteiger charge is 2.40. The molecule has 1 saturated carbocycles. The third-order valence-electron chi connectivity index (χ3n) is 6.51. The van der Waals surface area contributed by atoms with Crippen LogP contribution in [0.4, 0.5) is 0 Å². The van der Waals surface area contributed by atoms with Crippen LogP contribution in [0.25, 0.3) is 0 Å². The van der Waals surface area contributed by atoms with E-state index in [4.69, 9.17) is 4.74 Å². The van der Waals surface area contributed by atoms with Crippen LogP contribution in [0.2, 0.25) is 0 Å². The molecule has 1 aromatic heterocycles. The zero-order chi connectivity index (χ0) is 21.4. The second-order valence-electron chi connectivity index (χ2n) is 8.64. The first kappa shape index (κ1) is 20.4. The molecule has 162 valence electrons. The Labute approximate surface area is 185 Å². The molecule has 2 fully saturated rings.